The first-order valence-electron chi connectivity index (χ1n) is 4.52. The molecule has 1 aromatic carbocycles. The van der Waals surface area contributed by atoms with Gasteiger partial charge in [-0.2, -0.15) is 13.2 Å². The van der Waals surface area contributed by atoms with Crippen LogP contribution in [0.25, 0.3) is 0 Å². The van der Waals surface area contributed by atoms with E-state index >= 15 is 0 Å². The van der Waals surface area contributed by atoms with Crippen molar-refractivity contribution in [3.05, 3.63) is 35.4 Å². The van der Waals surface area contributed by atoms with E-state index in [1.165, 1.54) is 0 Å². The van der Waals surface area contributed by atoms with Gasteiger partial charge in [0.25, 0.3) is 0 Å². The van der Waals surface area contributed by atoms with Gasteiger partial charge in [0.2, 0.25) is 0 Å². The van der Waals surface area contributed by atoms with E-state index in [0.29, 0.717) is 6.07 Å². The van der Waals surface area contributed by atoms with Gasteiger partial charge in [0.1, 0.15) is 17.7 Å². The quantitative estimate of drug-likeness (QED) is 0.799. The standard InChI is InChI=1S/C10H10F5N/c1-16-9(10(13,14)15)4-6-2-7(11)5-8(12)3-6/h2-3,5,9,16H,4H2,1H3. The van der Waals surface area contributed by atoms with E-state index in [0.717, 1.165) is 19.2 Å². The third-order valence-electron chi connectivity index (χ3n) is 2.11. The Morgan fingerprint density at radius 3 is 2.00 bits per heavy atom. The van der Waals surface area contributed by atoms with E-state index in [1.807, 2.05) is 0 Å². The predicted octanol–water partition coefficient (Wildman–Crippen LogP) is 2.66. The summed E-state index contributed by atoms with van der Waals surface area (Å²) in [5, 5.41) is 2.06. The largest absolute Gasteiger partial charge is 0.404 e. The molecule has 0 heterocycles. The van der Waals surface area contributed by atoms with Gasteiger partial charge in [0.15, 0.2) is 0 Å². The number of benzene rings is 1. The molecule has 0 aromatic heterocycles. The smallest absolute Gasteiger partial charge is 0.309 e. The molecule has 6 heteroatoms. The summed E-state index contributed by atoms with van der Waals surface area (Å²) >= 11 is 0. The molecule has 0 radical (unpaired) electrons. The lowest BCUT2D eigenvalue weighted by atomic mass is 10.1. The number of nitrogens with one attached hydrogen (secondary N) is 1. The van der Waals surface area contributed by atoms with E-state index in [2.05, 4.69) is 5.32 Å². The van der Waals surface area contributed by atoms with E-state index in [-0.39, 0.29) is 5.56 Å². The molecule has 0 amide bonds. The van der Waals surface area contributed by atoms with E-state index in [1.54, 1.807) is 0 Å². The summed E-state index contributed by atoms with van der Waals surface area (Å²) in [4.78, 5) is 0. The second-order valence-corrected chi connectivity index (χ2v) is 3.36. The maximum atomic E-state index is 12.7. The highest BCUT2D eigenvalue weighted by Gasteiger charge is 2.38. The van der Waals surface area contributed by atoms with Gasteiger partial charge in [0.05, 0.1) is 0 Å². The first kappa shape index (κ1) is 12.9. The molecule has 0 aliphatic rings. The first-order chi connectivity index (χ1) is 7.32. The number of halogens is 5. The van der Waals surface area contributed by atoms with Crippen molar-refractivity contribution in [1.82, 2.24) is 5.32 Å². The topological polar surface area (TPSA) is 12.0 Å². The van der Waals surface area contributed by atoms with Crippen molar-refractivity contribution in [2.75, 3.05) is 7.05 Å². The average molecular weight is 239 g/mol. The van der Waals surface area contributed by atoms with Gasteiger partial charge in [-0.15, -0.1) is 0 Å². The Balaban J connectivity index is 2.86. The minimum Gasteiger partial charge on any atom is -0.309 e. The molecule has 1 aromatic rings. The molecule has 0 aliphatic heterocycles. The van der Waals surface area contributed by atoms with Crippen LogP contribution in [0.3, 0.4) is 0 Å². The Morgan fingerprint density at radius 2 is 1.62 bits per heavy atom. The zero-order valence-corrected chi connectivity index (χ0v) is 8.41. The zero-order chi connectivity index (χ0) is 12.3. The highest BCUT2D eigenvalue weighted by atomic mass is 19.4. The minimum absolute atomic E-state index is 0.0332. The minimum atomic E-state index is -4.45. The van der Waals surface area contributed by atoms with Crippen molar-refractivity contribution in [2.45, 2.75) is 18.6 Å². The normalized spacial score (nSPS) is 13.9. The molecule has 0 fully saturated rings. The van der Waals surface area contributed by atoms with Gasteiger partial charge in [-0.25, -0.2) is 8.78 Å². The van der Waals surface area contributed by atoms with Gasteiger partial charge >= 0.3 is 6.18 Å². The van der Waals surface area contributed by atoms with Crippen LogP contribution in [-0.4, -0.2) is 19.3 Å². The summed E-state index contributed by atoms with van der Waals surface area (Å²) in [6.45, 7) is 0. The number of likely N-dealkylation sites (N-methyl/N-ethyl adjacent to an activating group) is 1. The lowest BCUT2D eigenvalue weighted by Gasteiger charge is -2.19. The lowest BCUT2D eigenvalue weighted by molar-refractivity contribution is -0.154. The summed E-state index contributed by atoms with van der Waals surface area (Å²) in [5.41, 5.74) is -0.0332. The van der Waals surface area contributed by atoms with Crippen LogP contribution in [0, 0.1) is 11.6 Å². The Labute approximate surface area is 89.3 Å². The molecule has 16 heavy (non-hydrogen) atoms. The van der Waals surface area contributed by atoms with Crippen LogP contribution in [0.5, 0.6) is 0 Å². The van der Waals surface area contributed by atoms with Gasteiger partial charge in [-0.05, 0) is 31.2 Å². The van der Waals surface area contributed by atoms with Gasteiger partial charge < -0.3 is 5.32 Å². The fourth-order valence-electron chi connectivity index (χ4n) is 1.35. The van der Waals surface area contributed by atoms with Crippen molar-refractivity contribution in [3.63, 3.8) is 0 Å². The summed E-state index contributed by atoms with van der Waals surface area (Å²) in [7, 11) is 1.15. The lowest BCUT2D eigenvalue weighted by Crippen LogP contribution is -2.41. The van der Waals surface area contributed by atoms with E-state index in [9.17, 15) is 22.0 Å². The fourth-order valence-corrected chi connectivity index (χ4v) is 1.35. The molecule has 0 bridgehead atoms. The molecule has 1 N–H and O–H groups in total. The molecule has 1 atom stereocenters. The molecule has 1 unspecified atom stereocenters. The number of hydrogen-bond acceptors (Lipinski definition) is 1. The van der Waals surface area contributed by atoms with Crippen LogP contribution in [0.2, 0.25) is 0 Å². The molecule has 0 spiro atoms. The Kier molecular flexibility index (Phi) is 3.85. The van der Waals surface area contributed by atoms with Crippen molar-refractivity contribution in [3.8, 4) is 0 Å². The third-order valence-corrected chi connectivity index (χ3v) is 2.11. The molecule has 0 saturated carbocycles. The SMILES string of the molecule is CNC(Cc1cc(F)cc(F)c1)C(F)(F)F. The van der Waals surface area contributed by atoms with Gasteiger partial charge in [-0.3, -0.25) is 0 Å². The van der Waals surface area contributed by atoms with Crippen molar-refractivity contribution >= 4 is 0 Å². The van der Waals surface area contributed by atoms with Crippen LogP contribution in [0.15, 0.2) is 18.2 Å². The highest BCUT2D eigenvalue weighted by molar-refractivity contribution is 5.19. The summed E-state index contributed by atoms with van der Waals surface area (Å²) in [5.74, 6) is -1.76. The van der Waals surface area contributed by atoms with E-state index < -0.39 is 30.3 Å². The molecule has 1 rings (SSSR count). The van der Waals surface area contributed by atoms with Crippen molar-refractivity contribution < 1.29 is 22.0 Å². The molecular weight excluding hydrogens is 229 g/mol. The van der Waals surface area contributed by atoms with Crippen LogP contribution in [0.4, 0.5) is 22.0 Å². The Morgan fingerprint density at radius 1 is 1.12 bits per heavy atom. The average Bonchev–Trinajstić information content (AvgIpc) is 2.10. The molecular formula is C10H10F5N. The molecule has 90 valence electrons. The van der Waals surface area contributed by atoms with Crippen molar-refractivity contribution in [1.29, 1.82) is 0 Å². The predicted molar refractivity (Wildman–Crippen MR) is 49.0 cm³/mol. The second-order valence-electron chi connectivity index (χ2n) is 3.36. The monoisotopic (exact) mass is 239 g/mol. The molecule has 1 nitrogen and oxygen atoms in total. The first-order valence-corrected chi connectivity index (χ1v) is 4.52. The number of alkyl halides is 3. The number of hydrogen-bond donors (Lipinski definition) is 1. The summed E-state index contributed by atoms with van der Waals surface area (Å²) < 4.78 is 62.5. The molecule has 0 aliphatic carbocycles. The van der Waals surface area contributed by atoms with Gasteiger partial charge in [-0.1, -0.05) is 0 Å². The maximum absolute atomic E-state index is 12.7. The van der Waals surface area contributed by atoms with Crippen LogP contribution >= 0.6 is 0 Å². The van der Waals surface area contributed by atoms with Crippen LogP contribution in [-0.2, 0) is 6.42 Å². The van der Waals surface area contributed by atoms with Gasteiger partial charge in [0, 0.05) is 6.07 Å². The Hall–Kier alpha value is -1.17. The fraction of sp³-hybridized carbons (Fsp3) is 0.400. The summed E-state index contributed by atoms with van der Waals surface area (Å²) in [6, 6.07) is 0.581. The highest BCUT2D eigenvalue weighted by Crippen LogP contribution is 2.23. The van der Waals surface area contributed by atoms with Crippen molar-refractivity contribution in [2.24, 2.45) is 0 Å². The van der Waals surface area contributed by atoms with Crippen LogP contribution in [0.1, 0.15) is 5.56 Å². The van der Waals surface area contributed by atoms with E-state index in [4.69, 9.17) is 0 Å². The maximum Gasteiger partial charge on any atom is 0.404 e. The third kappa shape index (κ3) is 3.44. The van der Waals surface area contributed by atoms with Crippen LogP contribution < -0.4 is 5.32 Å². The number of rotatable bonds is 3. The zero-order valence-electron chi connectivity index (χ0n) is 8.41. The summed E-state index contributed by atoms with van der Waals surface area (Å²) in [6.07, 6.45) is -4.95. The molecule has 0 saturated heterocycles. The second kappa shape index (κ2) is 4.78. The Bertz CT molecular complexity index is 340.